The molecular formula is C28H20F6N4O. The minimum Gasteiger partial charge on any atom is -0.324 e. The first kappa shape index (κ1) is 26.2. The summed E-state index contributed by atoms with van der Waals surface area (Å²) in [4.78, 5) is 17.0. The van der Waals surface area contributed by atoms with Crippen LogP contribution in [0.15, 0.2) is 90.2 Å². The van der Waals surface area contributed by atoms with Gasteiger partial charge in [-0.1, -0.05) is 30.3 Å². The number of hydrogen-bond donors (Lipinski definition) is 1. The molecule has 0 radical (unpaired) electrons. The van der Waals surface area contributed by atoms with Gasteiger partial charge >= 0.3 is 12.4 Å². The fraction of sp³-hybridized carbons (Fsp3) is 0.179. The molecule has 39 heavy (non-hydrogen) atoms. The van der Waals surface area contributed by atoms with Crippen LogP contribution in [0.2, 0.25) is 0 Å². The third kappa shape index (κ3) is 5.87. The molecule has 0 aliphatic carbocycles. The monoisotopic (exact) mass is 542 g/mol. The molecule has 1 amide bonds. The van der Waals surface area contributed by atoms with Gasteiger partial charge in [-0.2, -0.15) is 31.4 Å². The van der Waals surface area contributed by atoms with Crippen LogP contribution in [0.3, 0.4) is 0 Å². The predicted molar refractivity (Wildman–Crippen MR) is 134 cm³/mol. The smallest absolute Gasteiger partial charge is 0.324 e. The normalized spacial score (nSPS) is 15.9. The molecule has 1 aliphatic heterocycles. The van der Waals surface area contributed by atoms with Gasteiger partial charge in [0.25, 0.3) is 0 Å². The predicted octanol–water partition coefficient (Wildman–Crippen LogP) is 6.71. The summed E-state index contributed by atoms with van der Waals surface area (Å²) in [5.74, 6) is -0.879. The van der Waals surface area contributed by atoms with Gasteiger partial charge in [-0.25, -0.2) is 0 Å². The molecule has 1 N–H and O–H groups in total. The summed E-state index contributed by atoms with van der Waals surface area (Å²) in [6.45, 7) is 0.0594. The van der Waals surface area contributed by atoms with E-state index in [9.17, 15) is 31.1 Å². The minimum atomic E-state index is -4.49. The van der Waals surface area contributed by atoms with Crippen molar-refractivity contribution in [1.82, 2.24) is 9.99 Å². The first-order valence-corrected chi connectivity index (χ1v) is 11.8. The van der Waals surface area contributed by atoms with E-state index in [0.29, 0.717) is 22.2 Å². The Labute approximate surface area is 218 Å². The lowest BCUT2D eigenvalue weighted by molar-refractivity contribution is -0.138. The highest BCUT2D eigenvalue weighted by molar-refractivity contribution is 6.06. The van der Waals surface area contributed by atoms with E-state index in [-0.39, 0.29) is 18.8 Å². The molecule has 0 bridgehead atoms. The number of anilines is 1. The lowest BCUT2D eigenvalue weighted by atomic mass is 9.91. The van der Waals surface area contributed by atoms with Crippen LogP contribution in [0, 0.1) is 0 Å². The molecule has 5 nitrogen and oxygen atoms in total. The molecule has 1 unspecified atom stereocenters. The van der Waals surface area contributed by atoms with Gasteiger partial charge in [0.05, 0.1) is 22.4 Å². The number of benzene rings is 3. The van der Waals surface area contributed by atoms with Crippen molar-refractivity contribution in [2.45, 2.75) is 18.3 Å². The fourth-order valence-corrected chi connectivity index (χ4v) is 4.42. The molecule has 200 valence electrons. The van der Waals surface area contributed by atoms with Crippen LogP contribution in [0.5, 0.6) is 0 Å². The molecule has 1 atom stereocenters. The Morgan fingerprint density at radius 1 is 0.872 bits per heavy atom. The van der Waals surface area contributed by atoms with Gasteiger partial charge in [0.1, 0.15) is 6.54 Å². The van der Waals surface area contributed by atoms with E-state index in [1.165, 1.54) is 23.2 Å². The number of carbonyl (C=O) groups excluding carboxylic acids is 1. The third-order valence-electron chi connectivity index (χ3n) is 6.30. The van der Waals surface area contributed by atoms with Gasteiger partial charge in [-0.05, 0) is 59.7 Å². The van der Waals surface area contributed by atoms with Crippen molar-refractivity contribution in [3.05, 3.63) is 107 Å². The van der Waals surface area contributed by atoms with E-state index in [4.69, 9.17) is 0 Å². The van der Waals surface area contributed by atoms with Crippen LogP contribution in [0.1, 0.15) is 28.2 Å². The van der Waals surface area contributed by atoms with Crippen molar-refractivity contribution in [2.75, 3.05) is 18.4 Å². The maximum Gasteiger partial charge on any atom is 0.416 e. The number of aromatic nitrogens is 1. The number of nitrogens with zero attached hydrogens (tertiary/aromatic N) is 3. The van der Waals surface area contributed by atoms with Crippen LogP contribution < -0.4 is 5.32 Å². The number of fused-ring (bicyclic) bond motifs is 1. The minimum absolute atomic E-state index is 0.187. The Kier molecular flexibility index (Phi) is 6.75. The highest BCUT2D eigenvalue weighted by Crippen LogP contribution is 2.34. The average Bonchev–Trinajstić information content (AvgIpc) is 3.31. The number of hydrazone groups is 1. The first-order chi connectivity index (χ1) is 18.5. The molecule has 1 aliphatic rings. The van der Waals surface area contributed by atoms with Crippen molar-refractivity contribution < 1.29 is 31.1 Å². The molecule has 0 saturated heterocycles. The van der Waals surface area contributed by atoms with Gasteiger partial charge in [-0.3, -0.25) is 14.8 Å². The maximum atomic E-state index is 13.3. The summed E-state index contributed by atoms with van der Waals surface area (Å²) in [6.07, 6.45) is -7.39. The summed E-state index contributed by atoms with van der Waals surface area (Å²) in [7, 11) is 0. The van der Waals surface area contributed by atoms with Crippen molar-refractivity contribution >= 4 is 28.2 Å². The zero-order valence-electron chi connectivity index (χ0n) is 20.1. The summed E-state index contributed by atoms with van der Waals surface area (Å²) in [5, 5.41) is 9.02. The molecule has 1 aromatic heterocycles. The second-order valence-electron chi connectivity index (χ2n) is 9.05. The number of pyridine rings is 1. The average molecular weight is 542 g/mol. The number of rotatable bonds is 5. The first-order valence-electron chi connectivity index (χ1n) is 11.8. The highest BCUT2D eigenvalue weighted by Gasteiger charge is 2.33. The van der Waals surface area contributed by atoms with Gasteiger partial charge in [-0.15, -0.1) is 0 Å². The third-order valence-corrected chi connectivity index (χ3v) is 6.30. The number of hydrogen-bond acceptors (Lipinski definition) is 4. The van der Waals surface area contributed by atoms with Crippen LogP contribution in [0.25, 0.3) is 10.9 Å². The molecule has 4 aromatic rings. The van der Waals surface area contributed by atoms with E-state index in [1.807, 2.05) is 30.3 Å². The standard InChI is InChI=1S/C28H20F6N4O/c29-27(30,31)20-6-9-22(10-7-20)36-25(39)16-38-15-23(26(37-38)17-4-2-1-3-5-17)19-12-18-13-21(28(32,33)34)8-11-24(18)35-14-19/h1-14,23H,15-16H2,(H,36,39). The highest BCUT2D eigenvalue weighted by atomic mass is 19.4. The number of amides is 1. The summed E-state index contributed by atoms with van der Waals surface area (Å²) in [5.41, 5.74) is 1.04. The largest absolute Gasteiger partial charge is 0.416 e. The van der Waals surface area contributed by atoms with Gasteiger partial charge < -0.3 is 5.32 Å². The zero-order valence-corrected chi connectivity index (χ0v) is 20.1. The van der Waals surface area contributed by atoms with Crippen LogP contribution >= 0.6 is 0 Å². The second-order valence-corrected chi connectivity index (χ2v) is 9.05. The Hall–Kier alpha value is -4.41. The lowest BCUT2D eigenvalue weighted by Gasteiger charge is -2.17. The number of halogens is 6. The van der Waals surface area contributed by atoms with Crippen LogP contribution in [-0.2, 0) is 17.1 Å². The van der Waals surface area contributed by atoms with Crippen molar-refractivity contribution in [2.24, 2.45) is 5.10 Å². The van der Waals surface area contributed by atoms with Gasteiger partial charge in [0.2, 0.25) is 5.91 Å². The van der Waals surface area contributed by atoms with Crippen LogP contribution in [0.4, 0.5) is 32.0 Å². The Morgan fingerprint density at radius 3 is 2.21 bits per heavy atom. The van der Waals surface area contributed by atoms with Crippen LogP contribution in [-0.4, -0.2) is 34.7 Å². The van der Waals surface area contributed by atoms with E-state index in [0.717, 1.165) is 29.8 Å². The molecule has 5 rings (SSSR count). The molecule has 2 heterocycles. The topological polar surface area (TPSA) is 57.6 Å². The summed E-state index contributed by atoms with van der Waals surface area (Å²) in [6, 6.07) is 18.3. The van der Waals surface area contributed by atoms with Gasteiger partial charge in [0, 0.05) is 29.7 Å². The number of alkyl halides is 6. The molecule has 0 spiro atoms. The van der Waals surface area contributed by atoms with Crippen molar-refractivity contribution in [1.29, 1.82) is 0 Å². The summed E-state index contributed by atoms with van der Waals surface area (Å²) >= 11 is 0. The molecular weight excluding hydrogens is 522 g/mol. The van der Waals surface area contributed by atoms with Gasteiger partial charge in [0.15, 0.2) is 0 Å². The SMILES string of the molecule is O=C(CN1CC(c2cnc3ccc(C(F)(F)F)cc3c2)C(c2ccccc2)=N1)Nc1ccc(C(F)(F)F)cc1. The lowest BCUT2D eigenvalue weighted by Crippen LogP contribution is -2.29. The van der Waals surface area contributed by atoms with E-state index in [1.54, 1.807) is 12.3 Å². The molecule has 0 saturated carbocycles. The fourth-order valence-electron chi connectivity index (χ4n) is 4.42. The van der Waals surface area contributed by atoms with Crippen molar-refractivity contribution in [3.63, 3.8) is 0 Å². The Balaban J connectivity index is 1.39. The van der Waals surface area contributed by atoms with E-state index in [2.05, 4.69) is 15.4 Å². The quantitative estimate of drug-likeness (QED) is 0.285. The Bertz CT molecular complexity index is 1530. The van der Waals surface area contributed by atoms with Crippen molar-refractivity contribution in [3.8, 4) is 0 Å². The summed E-state index contributed by atoms with van der Waals surface area (Å²) < 4.78 is 78.2. The van der Waals surface area contributed by atoms with E-state index < -0.39 is 35.3 Å². The number of nitrogens with one attached hydrogen (secondary N) is 1. The molecule has 0 fully saturated rings. The molecule has 11 heteroatoms. The van der Waals surface area contributed by atoms with E-state index >= 15 is 0 Å². The Morgan fingerprint density at radius 2 is 1.54 bits per heavy atom. The number of carbonyl (C=O) groups is 1. The zero-order chi connectivity index (χ0) is 27.8. The molecule has 3 aromatic carbocycles. The maximum absolute atomic E-state index is 13.3. The second kappa shape index (κ2) is 10.0.